The van der Waals surface area contributed by atoms with Crippen LogP contribution in [0.25, 0.3) is 0 Å². The van der Waals surface area contributed by atoms with Crippen LogP contribution in [0.4, 0.5) is 0 Å². The molecule has 4 fully saturated rings. The van der Waals surface area contributed by atoms with E-state index in [-0.39, 0.29) is 0 Å². The van der Waals surface area contributed by atoms with E-state index in [4.69, 9.17) is 4.84 Å². The van der Waals surface area contributed by atoms with Crippen LogP contribution in [-0.4, -0.2) is 6.04 Å². The molecular weight excluding hydrogens is 246 g/mol. The van der Waals surface area contributed by atoms with Crippen LogP contribution in [0.5, 0.6) is 5.75 Å². The summed E-state index contributed by atoms with van der Waals surface area (Å²) >= 11 is 0. The maximum atomic E-state index is 5.84. The van der Waals surface area contributed by atoms with Crippen molar-refractivity contribution in [3.05, 3.63) is 29.8 Å². The molecule has 0 aromatic heterocycles. The van der Waals surface area contributed by atoms with E-state index < -0.39 is 0 Å². The minimum absolute atomic E-state index is 0.542. The second-order valence-corrected chi connectivity index (χ2v) is 7.65. The van der Waals surface area contributed by atoms with Gasteiger partial charge in [-0.1, -0.05) is 18.2 Å². The number of para-hydroxylation sites is 1. The highest BCUT2D eigenvalue weighted by atomic mass is 16.6. The molecule has 1 aliphatic heterocycles. The third-order valence-corrected chi connectivity index (χ3v) is 6.50. The van der Waals surface area contributed by atoms with Crippen LogP contribution in [0, 0.1) is 29.6 Å². The summed E-state index contributed by atoms with van der Waals surface area (Å²) in [6.45, 7) is 0. The van der Waals surface area contributed by atoms with Crippen molar-refractivity contribution >= 4 is 0 Å². The zero-order valence-electron chi connectivity index (χ0n) is 11.9. The first-order chi connectivity index (χ1) is 9.87. The zero-order chi connectivity index (χ0) is 13.1. The summed E-state index contributed by atoms with van der Waals surface area (Å²) in [5.74, 6) is 5.95. The Morgan fingerprint density at radius 2 is 1.60 bits per heavy atom. The number of hydrogen-bond acceptors (Lipinski definition) is 2. The van der Waals surface area contributed by atoms with Crippen LogP contribution in [0.3, 0.4) is 0 Å². The number of hydrogen-bond donors (Lipinski definition) is 1. The lowest BCUT2D eigenvalue weighted by molar-refractivity contribution is -0.0703. The maximum Gasteiger partial charge on any atom is 0.150 e. The molecule has 0 saturated heterocycles. The molecule has 0 spiro atoms. The molecule has 0 radical (unpaired) electrons. The normalized spacial score (nSPS) is 45.0. The molecular formula is C18H23NO. The molecule has 1 aromatic carbocycles. The maximum absolute atomic E-state index is 5.84. The summed E-state index contributed by atoms with van der Waals surface area (Å²) < 4.78 is 0. The lowest BCUT2D eigenvalue weighted by Crippen LogP contribution is -2.55. The monoisotopic (exact) mass is 269 g/mol. The molecule has 0 amide bonds. The first-order valence-electron chi connectivity index (χ1n) is 8.37. The van der Waals surface area contributed by atoms with Crippen LogP contribution in [0.2, 0.25) is 0 Å². The number of benzene rings is 1. The van der Waals surface area contributed by atoms with Crippen molar-refractivity contribution in [3.63, 3.8) is 0 Å². The summed E-state index contributed by atoms with van der Waals surface area (Å²) in [6, 6.07) is 9.06. The van der Waals surface area contributed by atoms with Crippen molar-refractivity contribution < 1.29 is 4.84 Å². The van der Waals surface area contributed by atoms with Crippen LogP contribution >= 0.6 is 0 Å². The Balaban J connectivity index is 1.42. The highest BCUT2D eigenvalue weighted by Crippen LogP contribution is 2.57. The predicted octanol–water partition coefficient (Wildman–Crippen LogP) is 3.57. The lowest BCUT2D eigenvalue weighted by Gasteiger charge is -2.56. The Morgan fingerprint density at radius 1 is 0.900 bits per heavy atom. The van der Waals surface area contributed by atoms with E-state index >= 15 is 0 Å². The van der Waals surface area contributed by atoms with Gasteiger partial charge in [0, 0.05) is 0 Å². The predicted molar refractivity (Wildman–Crippen MR) is 78.2 cm³/mol. The van der Waals surface area contributed by atoms with E-state index in [0.717, 1.165) is 41.8 Å². The Hall–Kier alpha value is -1.02. The largest absolute Gasteiger partial charge is 0.408 e. The number of nitrogens with one attached hydrogen (secondary N) is 1. The molecule has 1 N–H and O–H groups in total. The van der Waals surface area contributed by atoms with Gasteiger partial charge < -0.3 is 4.84 Å². The Morgan fingerprint density at radius 3 is 2.35 bits per heavy atom. The smallest absolute Gasteiger partial charge is 0.150 e. The Labute approximate surface area is 120 Å². The molecule has 1 heterocycles. The van der Waals surface area contributed by atoms with Gasteiger partial charge in [-0.15, -0.1) is 0 Å². The van der Waals surface area contributed by atoms with Crippen LogP contribution in [0.15, 0.2) is 24.3 Å². The highest BCUT2D eigenvalue weighted by Gasteiger charge is 2.51. The molecule has 106 valence electrons. The molecule has 1 aromatic rings. The van der Waals surface area contributed by atoms with Gasteiger partial charge in [-0.2, -0.15) is 5.48 Å². The third-order valence-electron chi connectivity index (χ3n) is 6.50. The second kappa shape index (κ2) is 4.24. The average Bonchev–Trinajstić information content (AvgIpc) is 2.46. The van der Waals surface area contributed by atoms with Gasteiger partial charge in [0.1, 0.15) is 5.75 Å². The van der Waals surface area contributed by atoms with E-state index in [9.17, 15) is 0 Å². The molecule has 2 heteroatoms. The van der Waals surface area contributed by atoms with Crippen LogP contribution < -0.4 is 10.3 Å². The molecule has 4 bridgehead atoms. The molecule has 4 saturated carbocycles. The summed E-state index contributed by atoms with van der Waals surface area (Å²) in [7, 11) is 0. The van der Waals surface area contributed by atoms with Crippen molar-refractivity contribution in [1.29, 1.82) is 0 Å². The summed E-state index contributed by atoms with van der Waals surface area (Å²) in [4.78, 5) is 5.84. The van der Waals surface area contributed by atoms with Crippen molar-refractivity contribution in [2.24, 2.45) is 29.6 Å². The minimum Gasteiger partial charge on any atom is -0.408 e. The van der Waals surface area contributed by atoms with E-state index in [1.807, 2.05) is 0 Å². The molecule has 6 rings (SSSR count). The first kappa shape index (κ1) is 11.6. The van der Waals surface area contributed by atoms with Crippen LogP contribution in [-0.2, 0) is 6.42 Å². The fourth-order valence-corrected chi connectivity index (χ4v) is 6.03. The first-order valence-corrected chi connectivity index (χ1v) is 8.37. The van der Waals surface area contributed by atoms with Crippen molar-refractivity contribution in [2.75, 3.05) is 0 Å². The Bertz CT molecular complexity index is 498. The van der Waals surface area contributed by atoms with Gasteiger partial charge in [-0.05, 0) is 79.7 Å². The SMILES string of the molecule is c1ccc2c(c1)CC(C1C3CC4CC(C3)CC1C4)NO2. The van der Waals surface area contributed by atoms with E-state index in [1.54, 1.807) is 0 Å². The van der Waals surface area contributed by atoms with Gasteiger partial charge in [0.05, 0.1) is 6.04 Å². The van der Waals surface area contributed by atoms with Crippen molar-refractivity contribution in [3.8, 4) is 5.75 Å². The molecule has 20 heavy (non-hydrogen) atoms. The topological polar surface area (TPSA) is 21.3 Å². The number of fused-ring (bicyclic) bond motifs is 1. The van der Waals surface area contributed by atoms with Crippen molar-refractivity contribution in [1.82, 2.24) is 5.48 Å². The van der Waals surface area contributed by atoms with Gasteiger partial charge in [-0.3, -0.25) is 0 Å². The lowest BCUT2D eigenvalue weighted by atomic mass is 9.50. The minimum atomic E-state index is 0.542. The van der Waals surface area contributed by atoms with Gasteiger partial charge >= 0.3 is 0 Å². The van der Waals surface area contributed by atoms with Crippen molar-refractivity contribution in [2.45, 2.75) is 44.6 Å². The third kappa shape index (κ3) is 1.67. The fraction of sp³-hybridized carbons (Fsp3) is 0.667. The second-order valence-electron chi connectivity index (χ2n) is 7.65. The highest BCUT2D eigenvalue weighted by molar-refractivity contribution is 5.35. The van der Waals surface area contributed by atoms with E-state index in [1.165, 1.54) is 37.7 Å². The quantitative estimate of drug-likeness (QED) is 0.841. The van der Waals surface area contributed by atoms with Gasteiger partial charge in [0.25, 0.3) is 0 Å². The molecule has 1 atom stereocenters. The summed E-state index contributed by atoms with van der Waals surface area (Å²) in [5.41, 5.74) is 4.80. The van der Waals surface area contributed by atoms with Gasteiger partial charge in [-0.25, -0.2) is 0 Å². The van der Waals surface area contributed by atoms with E-state index in [2.05, 4.69) is 29.7 Å². The summed E-state index contributed by atoms with van der Waals surface area (Å²) in [5, 5.41) is 0. The molecule has 2 nitrogen and oxygen atoms in total. The standard InChI is InChI=1S/C18H23NO/c1-2-4-17-13(3-1)10-16(19-20-17)18-14-6-11-5-12(8-14)9-15(18)7-11/h1-4,11-12,14-16,18-19H,5-10H2. The Kier molecular flexibility index (Phi) is 2.46. The van der Waals surface area contributed by atoms with E-state index in [0.29, 0.717) is 6.04 Å². The average molecular weight is 269 g/mol. The van der Waals surface area contributed by atoms with Crippen LogP contribution in [0.1, 0.15) is 37.7 Å². The zero-order valence-corrected chi connectivity index (χ0v) is 11.9. The molecule has 4 aliphatic carbocycles. The number of hydroxylamine groups is 1. The molecule has 1 unspecified atom stereocenters. The van der Waals surface area contributed by atoms with Gasteiger partial charge in [0.2, 0.25) is 0 Å². The number of rotatable bonds is 1. The fourth-order valence-electron chi connectivity index (χ4n) is 6.03. The van der Waals surface area contributed by atoms with Gasteiger partial charge in [0.15, 0.2) is 0 Å². The molecule has 5 aliphatic rings. The summed E-state index contributed by atoms with van der Waals surface area (Å²) in [6.07, 6.45) is 8.68.